The van der Waals surface area contributed by atoms with Crippen LogP contribution >= 0.6 is 0 Å². The third-order valence-corrected chi connectivity index (χ3v) is 5.52. The van der Waals surface area contributed by atoms with Gasteiger partial charge in [0.25, 0.3) is 5.91 Å². The number of urea groups is 1. The van der Waals surface area contributed by atoms with Gasteiger partial charge in [-0.2, -0.15) is 0 Å². The Bertz CT molecular complexity index is 603. The Morgan fingerprint density at radius 2 is 1.58 bits per heavy atom. The Balaban J connectivity index is 1.39. The zero-order chi connectivity index (χ0) is 18.4. The summed E-state index contributed by atoms with van der Waals surface area (Å²) in [6, 6.07) is 6.27. The van der Waals surface area contributed by atoms with E-state index in [2.05, 4.69) is 5.32 Å². The summed E-state index contributed by atoms with van der Waals surface area (Å²) in [5.41, 5.74) is 0.563. The normalized spacial score (nSPS) is 18.6. The van der Waals surface area contributed by atoms with Crippen LogP contribution in [0.15, 0.2) is 24.3 Å². The quantitative estimate of drug-likeness (QED) is 0.868. The monoisotopic (exact) mass is 359 g/mol. The highest BCUT2D eigenvalue weighted by Gasteiger charge is 2.25. The second-order valence-electron chi connectivity index (χ2n) is 7.35. The van der Waals surface area contributed by atoms with E-state index in [1.54, 1.807) is 21.9 Å². The van der Waals surface area contributed by atoms with Gasteiger partial charge < -0.3 is 20.2 Å². The highest BCUT2D eigenvalue weighted by atomic mass is 16.3. The minimum absolute atomic E-state index is 0.0162. The first-order valence-electron chi connectivity index (χ1n) is 9.74. The van der Waals surface area contributed by atoms with Gasteiger partial charge in [-0.25, -0.2) is 4.79 Å². The second kappa shape index (κ2) is 8.92. The van der Waals surface area contributed by atoms with Crippen molar-refractivity contribution in [3.05, 3.63) is 29.8 Å². The Morgan fingerprint density at radius 3 is 2.23 bits per heavy atom. The summed E-state index contributed by atoms with van der Waals surface area (Å²) in [6.45, 7) is 2.93. The summed E-state index contributed by atoms with van der Waals surface area (Å²) in [5, 5.41) is 12.4. The molecule has 0 aromatic heterocycles. The third-order valence-electron chi connectivity index (χ3n) is 5.52. The van der Waals surface area contributed by atoms with Gasteiger partial charge in [-0.15, -0.1) is 0 Å². The molecule has 2 fully saturated rings. The van der Waals surface area contributed by atoms with E-state index in [4.69, 9.17) is 0 Å². The zero-order valence-corrected chi connectivity index (χ0v) is 15.3. The summed E-state index contributed by atoms with van der Waals surface area (Å²) < 4.78 is 0. The van der Waals surface area contributed by atoms with Crippen LogP contribution in [0.4, 0.5) is 4.79 Å². The van der Waals surface area contributed by atoms with Gasteiger partial charge >= 0.3 is 6.03 Å². The lowest BCUT2D eigenvalue weighted by Crippen LogP contribution is -2.53. The van der Waals surface area contributed by atoms with Crippen molar-refractivity contribution in [3.63, 3.8) is 0 Å². The van der Waals surface area contributed by atoms with Crippen molar-refractivity contribution in [1.82, 2.24) is 15.1 Å². The van der Waals surface area contributed by atoms with Crippen LogP contribution in [-0.4, -0.2) is 59.6 Å². The molecule has 3 rings (SSSR count). The molecule has 26 heavy (non-hydrogen) atoms. The number of hydrogen-bond acceptors (Lipinski definition) is 3. The number of carbonyl (C=O) groups excluding carboxylic acids is 2. The van der Waals surface area contributed by atoms with Crippen LogP contribution < -0.4 is 5.32 Å². The Morgan fingerprint density at radius 1 is 0.962 bits per heavy atom. The molecule has 0 bridgehead atoms. The standard InChI is InChI=1S/C20H29N3O3/c24-18-8-6-17(7-9-18)19(25)22-12-14-23(15-13-22)20(26)21-11-10-16-4-2-1-3-5-16/h6-9,16,24H,1-5,10-15H2,(H,21,26). The number of amides is 3. The molecule has 1 saturated heterocycles. The molecule has 6 heteroatoms. The number of hydrogen-bond donors (Lipinski definition) is 2. The number of phenolic OH excluding ortho intramolecular Hbond substituents is 1. The van der Waals surface area contributed by atoms with Crippen LogP contribution in [0.25, 0.3) is 0 Å². The SMILES string of the molecule is O=C(NCCC1CCCCC1)N1CCN(C(=O)c2ccc(O)cc2)CC1. The van der Waals surface area contributed by atoms with Gasteiger partial charge in [0, 0.05) is 38.3 Å². The van der Waals surface area contributed by atoms with Crippen LogP contribution in [0.5, 0.6) is 5.75 Å². The molecule has 0 atom stereocenters. The molecule has 0 unspecified atom stereocenters. The lowest BCUT2D eigenvalue weighted by Gasteiger charge is -2.35. The number of piperazine rings is 1. The number of rotatable bonds is 4. The first kappa shape index (κ1) is 18.5. The number of phenols is 1. The van der Waals surface area contributed by atoms with E-state index in [0.29, 0.717) is 31.7 Å². The molecule has 6 nitrogen and oxygen atoms in total. The Labute approximate surface area is 155 Å². The van der Waals surface area contributed by atoms with E-state index < -0.39 is 0 Å². The predicted octanol–water partition coefficient (Wildman–Crippen LogP) is 2.83. The van der Waals surface area contributed by atoms with Crippen LogP contribution in [0.2, 0.25) is 0 Å². The smallest absolute Gasteiger partial charge is 0.317 e. The van der Waals surface area contributed by atoms with Crippen LogP contribution in [0.1, 0.15) is 48.9 Å². The predicted molar refractivity (Wildman–Crippen MR) is 100 cm³/mol. The van der Waals surface area contributed by atoms with Crippen LogP contribution in [-0.2, 0) is 0 Å². The molecule has 2 N–H and O–H groups in total. The average Bonchev–Trinajstić information content (AvgIpc) is 2.69. The third kappa shape index (κ3) is 4.90. The second-order valence-corrected chi connectivity index (χ2v) is 7.35. The van der Waals surface area contributed by atoms with Crippen molar-refractivity contribution in [2.75, 3.05) is 32.7 Å². The number of carbonyl (C=O) groups is 2. The van der Waals surface area contributed by atoms with E-state index in [9.17, 15) is 14.7 Å². The minimum Gasteiger partial charge on any atom is -0.508 e. The fraction of sp³-hybridized carbons (Fsp3) is 0.600. The first-order chi connectivity index (χ1) is 12.6. The van der Waals surface area contributed by atoms with Gasteiger partial charge in [-0.05, 0) is 36.6 Å². The van der Waals surface area contributed by atoms with Gasteiger partial charge in [-0.3, -0.25) is 4.79 Å². The first-order valence-corrected chi connectivity index (χ1v) is 9.74. The average molecular weight is 359 g/mol. The van der Waals surface area contributed by atoms with Crippen molar-refractivity contribution in [2.45, 2.75) is 38.5 Å². The van der Waals surface area contributed by atoms with E-state index in [1.165, 1.54) is 44.2 Å². The number of nitrogens with one attached hydrogen (secondary N) is 1. The molecule has 1 aromatic carbocycles. The molecule has 0 radical (unpaired) electrons. The summed E-state index contributed by atoms with van der Waals surface area (Å²) in [7, 11) is 0. The lowest BCUT2D eigenvalue weighted by atomic mass is 9.87. The molecule has 0 spiro atoms. The number of benzene rings is 1. The molecular weight excluding hydrogens is 330 g/mol. The molecule has 3 amide bonds. The molecule has 1 saturated carbocycles. The summed E-state index contributed by atoms with van der Waals surface area (Å²) in [4.78, 5) is 28.3. The summed E-state index contributed by atoms with van der Waals surface area (Å²) in [5.74, 6) is 0.863. The summed E-state index contributed by atoms with van der Waals surface area (Å²) >= 11 is 0. The fourth-order valence-electron chi connectivity index (χ4n) is 3.87. The maximum atomic E-state index is 12.5. The van der Waals surface area contributed by atoms with Gasteiger partial charge in [0.1, 0.15) is 5.75 Å². The maximum absolute atomic E-state index is 12.5. The molecule has 2 aliphatic rings. The lowest BCUT2D eigenvalue weighted by molar-refractivity contribution is 0.0665. The molecule has 1 heterocycles. The molecule has 1 aliphatic carbocycles. The molecule has 1 aromatic rings. The van der Waals surface area contributed by atoms with Gasteiger partial charge in [0.2, 0.25) is 0 Å². The van der Waals surface area contributed by atoms with E-state index in [0.717, 1.165) is 18.9 Å². The fourth-order valence-corrected chi connectivity index (χ4v) is 3.87. The van der Waals surface area contributed by atoms with Crippen molar-refractivity contribution in [2.24, 2.45) is 5.92 Å². The minimum atomic E-state index is -0.0534. The van der Waals surface area contributed by atoms with Crippen molar-refractivity contribution >= 4 is 11.9 Å². The van der Waals surface area contributed by atoms with E-state index in [1.807, 2.05) is 0 Å². The van der Waals surface area contributed by atoms with Crippen molar-refractivity contribution < 1.29 is 14.7 Å². The van der Waals surface area contributed by atoms with Crippen molar-refractivity contribution in [1.29, 1.82) is 0 Å². The maximum Gasteiger partial charge on any atom is 0.317 e. The Hall–Kier alpha value is -2.24. The van der Waals surface area contributed by atoms with E-state index in [-0.39, 0.29) is 17.7 Å². The molecule has 1 aliphatic heterocycles. The van der Waals surface area contributed by atoms with Gasteiger partial charge in [0.15, 0.2) is 0 Å². The zero-order valence-electron chi connectivity index (χ0n) is 15.3. The molecule has 142 valence electrons. The topological polar surface area (TPSA) is 72.9 Å². The molecular formula is C20H29N3O3. The largest absolute Gasteiger partial charge is 0.508 e. The van der Waals surface area contributed by atoms with Crippen molar-refractivity contribution in [3.8, 4) is 5.75 Å². The van der Waals surface area contributed by atoms with Crippen LogP contribution in [0.3, 0.4) is 0 Å². The number of aromatic hydroxyl groups is 1. The van der Waals surface area contributed by atoms with Gasteiger partial charge in [0.05, 0.1) is 0 Å². The highest BCUT2D eigenvalue weighted by Crippen LogP contribution is 2.25. The highest BCUT2D eigenvalue weighted by molar-refractivity contribution is 5.94. The van der Waals surface area contributed by atoms with Crippen LogP contribution in [0, 0.1) is 5.92 Å². The Kier molecular flexibility index (Phi) is 6.36. The van der Waals surface area contributed by atoms with Gasteiger partial charge in [-0.1, -0.05) is 32.1 Å². The summed E-state index contributed by atoms with van der Waals surface area (Å²) in [6.07, 6.45) is 7.69. The number of nitrogens with zero attached hydrogens (tertiary/aromatic N) is 2. The van der Waals surface area contributed by atoms with E-state index >= 15 is 0 Å².